The smallest absolute Gasteiger partial charge is 0.316 e. The second-order valence-electron chi connectivity index (χ2n) is 9.62. The first kappa shape index (κ1) is 27.4. The summed E-state index contributed by atoms with van der Waals surface area (Å²) >= 11 is 6.15. The third-order valence-corrected chi connectivity index (χ3v) is 9.42. The van der Waals surface area contributed by atoms with E-state index in [9.17, 15) is 17.6 Å². The molecular formula is C27H31ClFN5O4S. The molecule has 1 aromatic heterocycles. The molecule has 12 heteroatoms. The third kappa shape index (κ3) is 5.75. The lowest BCUT2D eigenvalue weighted by atomic mass is 10.2. The first-order chi connectivity index (χ1) is 18.8. The van der Waals surface area contributed by atoms with Gasteiger partial charge in [-0.05, 0) is 75.1 Å². The molecule has 0 unspecified atom stereocenters. The number of piperazine rings is 1. The predicted molar refractivity (Wildman–Crippen MR) is 150 cm³/mol. The summed E-state index contributed by atoms with van der Waals surface area (Å²) in [5.74, 6) is -0.211. The van der Waals surface area contributed by atoms with Crippen molar-refractivity contribution in [1.29, 1.82) is 0 Å². The van der Waals surface area contributed by atoms with E-state index in [2.05, 4.69) is 5.10 Å². The molecule has 0 radical (unpaired) electrons. The fourth-order valence-corrected chi connectivity index (χ4v) is 6.92. The second kappa shape index (κ2) is 11.5. The zero-order valence-corrected chi connectivity index (χ0v) is 23.2. The van der Waals surface area contributed by atoms with Gasteiger partial charge in [0.2, 0.25) is 5.75 Å². The summed E-state index contributed by atoms with van der Waals surface area (Å²) in [6.07, 6.45) is 5.40. The van der Waals surface area contributed by atoms with E-state index in [0.717, 1.165) is 25.7 Å². The molecule has 0 spiro atoms. The van der Waals surface area contributed by atoms with E-state index < -0.39 is 16.0 Å². The van der Waals surface area contributed by atoms with Crippen molar-refractivity contribution in [3.63, 3.8) is 0 Å². The van der Waals surface area contributed by atoms with Crippen LogP contribution >= 0.6 is 11.6 Å². The molecule has 2 heterocycles. The molecular weight excluding hydrogens is 545 g/mol. The summed E-state index contributed by atoms with van der Waals surface area (Å²) in [6, 6.07) is 12.3. The Bertz CT molecular complexity index is 1470. The van der Waals surface area contributed by atoms with E-state index in [0.29, 0.717) is 35.2 Å². The molecule has 1 aliphatic heterocycles. The van der Waals surface area contributed by atoms with Crippen molar-refractivity contribution < 1.29 is 17.5 Å². The molecule has 1 saturated heterocycles. The van der Waals surface area contributed by atoms with Gasteiger partial charge in [0.15, 0.2) is 0 Å². The van der Waals surface area contributed by atoms with Crippen molar-refractivity contribution in [1.82, 2.24) is 14.1 Å². The predicted octanol–water partition coefficient (Wildman–Crippen LogP) is 4.24. The highest BCUT2D eigenvalue weighted by Crippen LogP contribution is 2.31. The molecule has 1 saturated carbocycles. The fraction of sp³-hybridized carbons (Fsp3) is 0.407. The number of anilines is 2. The Morgan fingerprint density at radius 2 is 1.77 bits per heavy atom. The Labute approximate surface area is 232 Å². The minimum Gasteiger partial charge on any atom is -0.483 e. The lowest BCUT2D eigenvalue weighted by molar-refractivity contribution is 0.205. The molecule has 9 nitrogen and oxygen atoms in total. The molecule has 2 aliphatic rings. The maximum Gasteiger partial charge on any atom is 0.316 e. The zero-order chi connectivity index (χ0) is 27.6. The van der Waals surface area contributed by atoms with Gasteiger partial charge in [-0.15, -0.1) is 0 Å². The molecule has 3 aromatic rings. The van der Waals surface area contributed by atoms with Crippen LogP contribution in [0, 0.1) is 5.82 Å². The summed E-state index contributed by atoms with van der Waals surface area (Å²) in [7, 11) is -3.84. The van der Waals surface area contributed by atoms with Gasteiger partial charge in [0, 0.05) is 37.7 Å². The highest BCUT2D eigenvalue weighted by atomic mass is 35.5. The summed E-state index contributed by atoms with van der Waals surface area (Å²) in [4.78, 5) is 15.6. The lowest BCUT2D eigenvalue weighted by Gasteiger charge is -2.38. The topological polar surface area (TPSA) is 88.0 Å². The summed E-state index contributed by atoms with van der Waals surface area (Å²) in [5, 5.41) is 4.90. The van der Waals surface area contributed by atoms with Crippen LogP contribution in [-0.2, 0) is 10.2 Å². The normalized spacial score (nSPS) is 16.9. The average molecular weight is 576 g/mol. The molecule has 0 amide bonds. The molecule has 5 rings (SSSR count). The van der Waals surface area contributed by atoms with Gasteiger partial charge in [0.1, 0.15) is 11.5 Å². The molecule has 2 aromatic carbocycles. The number of hydrogen-bond acceptors (Lipinski definition) is 6. The Balaban J connectivity index is 1.40. The van der Waals surface area contributed by atoms with Crippen LogP contribution in [0.25, 0.3) is 5.69 Å². The monoisotopic (exact) mass is 575 g/mol. The van der Waals surface area contributed by atoms with Crippen molar-refractivity contribution in [2.75, 3.05) is 41.9 Å². The summed E-state index contributed by atoms with van der Waals surface area (Å²) in [5.41, 5.74) is 1.10. The largest absolute Gasteiger partial charge is 0.483 e. The van der Waals surface area contributed by atoms with Crippen LogP contribution in [0.2, 0.25) is 5.02 Å². The highest BCUT2D eigenvalue weighted by molar-refractivity contribution is 7.90. The van der Waals surface area contributed by atoms with Gasteiger partial charge in [-0.2, -0.15) is 22.5 Å². The third-order valence-electron chi connectivity index (χ3n) is 7.14. The zero-order valence-electron chi connectivity index (χ0n) is 21.7. The van der Waals surface area contributed by atoms with E-state index in [1.807, 2.05) is 4.90 Å². The van der Waals surface area contributed by atoms with Crippen LogP contribution in [0.15, 0.2) is 59.5 Å². The Morgan fingerprint density at radius 3 is 2.41 bits per heavy atom. The SMILES string of the molecule is CCN(c1ccc(F)cc1)S(=O)(=O)N1CCN(c2cnn(-c3cccc(Cl)c3)c(=O)c2OC2CCCC2)CC1. The van der Waals surface area contributed by atoms with E-state index >= 15 is 0 Å². The molecule has 0 N–H and O–H groups in total. The first-order valence-corrected chi connectivity index (χ1v) is 14.9. The minimum absolute atomic E-state index is 0.0536. The molecule has 39 heavy (non-hydrogen) atoms. The van der Waals surface area contributed by atoms with Gasteiger partial charge in [0.05, 0.1) is 23.7 Å². The number of aromatic nitrogens is 2. The fourth-order valence-electron chi connectivity index (χ4n) is 5.12. The number of rotatable bonds is 8. The molecule has 208 valence electrons. The second-order valence-corrected chi connectivity index (χ2v) is 11.9. The molecule has 0 bridgehead atoms. The van der Waals surface area contributed by atoms with Gasteiger partial charge in [-0.25, -0.2) is 4.39 Å². The van der Waals surface area contributed by atoms with Gasteiger partial charge < -0.3 is 9.64 Å². The van der Waals surface area contributed by atoms with Crippen LogP contribution in [0.3, 0.4) is 0 Å². The summed E-state index contributed by atoms with van der Waals surface area (Å²) < 4.78 is 50.6. The van der Waals surface area contributed by atoms with Gasteiger partial charge in [0.25, 0.3) is 0 Å². The molecule has 0 atom stereocenters. The Hall–Kier alpha value is -3.15. The van der Waals surface area contributed by atoms with Crippen molar-refractivity contribution in [3.05, 3.63) is 75.9 Å². The van der Waals surface area contributed by atoms with Gasteiger partial charge in [-0.3, -0.25) is 9.10 Å². The van der Waals surface area contributed by atoms with Crippen molar-refractivity contribution in [2.24, 2.45) is 0 Å². The van der Waals surface area contributed by atoms with Gasteiger partial charge >= 0.3 is 15.8 Å². The van der Waals surface area contributed by atoms with E-state index in [-0.39, 0.29) is 37.0 Å². The molecule has 2 fully saturated rings. The van der Waals surface area contributed by atoms with Crippen LogP contribution < -0.4 is 19.5 Å². The van der Waals surface area contributed by atoms with Crippen LogP contribution in [0.5, 0.6) is 5.75 Å². The number of hydrogen-bond donors (Lipinski definition) is 0. The Kier molecular flexibility index (Phi) is 8.11. The maximum absolute atomic E-state index is 13.6. The number of benzene rings is 2. The number of nitrogens with zero attached hydrogens (tertiary/aromatic N) is 5. The average Bonchev–Trinajstić information content (AvgIpc) is 3.44. The highest BCUT2D eigenvalue weighted by Gasteiger charge is 2.34. The lowest BCUT2D eigenvalue weighted by Crippen LogP contribution is -2.53. The minimum atomic E-state index is -3.84. The standard InChI is InChI=1S/C27H31ClFN5O4S/c1-2-33(22-12-10-21(29)11-13-22)39(36,37)32-16-14-31(15-17-32)25-19-30-34(23-7-5-6-20(28)18-23)27(35)26(25)38-24-8-3-4-9-24/h5-7,10-13,18-19,24H,2-4,8-9,14-17H2,1H3. The van der Waals surface area contributed by atoms with E-state index in [4.69, 9.17) is 16.3 Å². The van der Waals surface area contributed by atoms with Crippen molar-refractivity contribution >= 4 is 33.2 Å². The van der Waals surface area contributed by atoms with E-state index in [1.54, 1.807) is 37.4 Å². The maximum atomic E-state index is 13.6. The quantitative estimate of drug-likeness (QED) is 0.399. The summed E-state index contributed by atoms with van der Waals surface area (Å²) in [6.45, 7) is 3.07. The molecule has 1 aliphatic carbocycles. The van der Waals surface area contributed by atoms with Crippen molar-refractivity contribution in [3.8, 4) is 11.4 Å². The number of ether oxygens (including phenoxy) is 1. The Morgan fingerprint density at radius 1 is 1.08 bits per heavy atom. The number of halogens is 2. The van der Waals surface area contributed by atoms with Crippen LogP contribution in [0.1, 0.15) is 32.6 Å². The van der Waals surface area contributed by atoms with Crippen LogP contribution in [0.4, 0.5) is 15.8 Å². The van der Waals surface area contributed by atoms with Crippen molar-refractivity contribution in [2.45, 2.75) is 38.7 Å². The van der Waals surface area contributed by atoms with Gasteiger partial charge in [-0.1, -0.05) is 17.7 Å². The van der Waals surface area contributed by atoms with Crippen LogP contribution in [-0.4, -0.2) is 61.3 Å². The first-order valence-electron chi connectivity index (χ1n) is 13.1. The van der Waals surface area contributed by atoms with E-state index in [1.165, 1.54) is 37.6 Å².